The van der Waals surface area contributed by atoms with Gasteiger partial charge in [0.25, 0.3) is 11.8 Å². The van der Waals surface area contributed by atoms with Gasteiger partial charge >= 0.3 is 0 Å². The van der Waals surface area contributed by atoms with Gasteiger partial charge in [0.15, 0.2) is 23.1 Å². The summed E-state index contributed by atoms with van der Waals surface area (Å²) < 4.78 is 55.4. The van der Waals surface area contributed by atoms with E-state index in [1.54, 1.807) is 25.2 Å². The minimum Gasteiger partial charge on any atom is -0.494 e. The Balaban J connectivity index is 1.71. The quantitative estimate of drug-likeness (QED) is 0.486. The van der Waals surface area contributed by atoms with Crippen molar-refractivity contribution in [1.29, 1.82) is 0 Å². The van der Waals surface area contributed by atoms with Crippen LogP contribution in [-0.4, -0.2) is 56.8 Å². The second kappa shape index (κ2) is 8.41. The molecule has 1 aliphatic rings. The van der Waals surface area contributed by atoms with Crippen LogP contribution in [0.5, 0.6) is 5.75 Å². The van der Waals surface area contributed by atoms with Crippen LogP contribution in [0.25, 0.3) is 11.4 Å². The molecule has 0 spiro atoms. The van der Waals surface area contributed by atoms with Gasteiger partial charge < -0.3 is 20.7 Å². The van der Waals surface area contributed by atoms with Gasteiger partial charge in [-0.15, -0.1) is 10.2 Å². The standard InChI is InChI=1S/C20H20F2N8O3/c1-23-19(32)15-13(7-14(27-28-15)26-18(31)11-8-20(11,21)22)25-12-6-4-5-10(16(12)33-3)17-24-9-30(2)29-17/h4-7,9,11H,8H2,1-3H3,(H,23,32)(H2,25,26,27,31)/t11-/m0/s1/i1D3. The van der Waals surface area contributed by atoms with Crippen LogP contribution >= 0.6 is 0 Å². The van der Waals surface area contributed by atoms with Crippen LogP contribution in [0.4, 0.5) is 26.0 Å². The summed E-state index contributed by atoms with van der Waals surface area (Å²) in [5.41, 5.74) is 0.311. The van der Waals surface area contributed by atoms with Gasteiger partial charge in [0.1, 0.15) is 12.2 Å². The van der Waals surface area contributed by atoms with E-state index in [-0.39, 0.29) is 17.3 Å². The van der Waals surface area contributed by atoms with Crippen LogP contribution in [0.3, 0.4) is 0 Å². The Morgan fingerprint density at radius 3 is 2.73 bits per heavy atom. The molecule has 0 unspecified atom stereocenters. The first-order valence-corrected chi connectivity index (χ1v) is 9.57. The SMILES string of the molecule is [2H]C([2H])([2H])NC(=O)c1nnc(NC(=O)[C@@H]2CC2(F)F)cc1Nc1cccc(-c2ncn(C)n2)c1OC. The van der Waals surface area contributed by atoms with Crippen molar-refractivity contribution in [1.82, 2.24) is 30.3 Å². The number of anilines is 3. The number of aromatic nitrogens is 5. The highest BCUT2D eigenvalue weighted by atomic mass is 19.3. The van der Waals surface area contributed by atoms with E-state index in [4.69, 9.17) is 8.85 Å². The van der Waals surface area contributed by atoms with E-state index in [1.165, 1.54) is 24.2 Å². The Labute approximate surface area is 190 Å². The lowest BCUT2D eigenvalue weighted by atomic mass is 10.1. The second-order valence-corrected chi connectivity index (χ2v) is 7.21. The number of carbonyl (C=O) groups excluding carboxylic acids is 2. The Morgan fingerprint density at radius 2 is 2.09 bits per heavy atom. The molecule has 0 radical (unpaired) electrons. The lowest BCUT2D eigenvalue weighted by Crippen LogP contribution is -2.23. The summed E-state index contributed by atoms with van der Waals surface area (Å²) in [5.74, 6) is -6.21. The molecule has 1 aliphatic carbocycles. The molecular weight excluding hydrogens is 438 g/mol. The zero-order chi connectivity index (χ0) is 26.3. The molecule has 1 saturated carbocycles. The summed E-state index contributed by atoms with van der Waals surface area (Å²) in [5, 5.41) is 18.6. The molecule has 11 nitrogen and oxygen atoms in total. The minimum absolute atomic E-state index is 0.0750. The maximum absolute atomic E-state index is 13.3. The van der Waals surface area contributed by atoms with Crippen LogP contribution in [0.15, 0.2) is 30.6 Å². The topological polar surface area (TPSA) is 136 Å². The molecule has 3 aromatic rings. The van der Waals surface area contributed by atoms with E-state index in [0.29, 0.717) is 17.1 Å². The molecule has 2 amide bonds. The zero-order valence-electron chi connectivity index (χ0n) is 20.4. The number of methoxy groups -OCH3 is 1. The van der Waals surface area contributed by atoms with E-state index in [1.807, 2.05) is 5.32 Å². The number of alkyl halides is 2. The average Bonchev–Trinajstić information content (AvgIpc) is 3.21. The molecule has 1 atom stereocenters. The number of benzene rings is 1. The van der Waals surface area contributed by atoms with Gasteiger partial charge in [-0.25, -0.2) is 13.8 Å². The van der Waals surface area contributed by atoms with Gasteiger partial charge in [-0.1, -0.05) is 6.07 Å². The molecule has 2 aromatic heterocycles. The molecule has 1 fully saturated rings. The monoisotopic (exact) mass is 461 g/mol. The number of aryl methyl sites for hydroxylation is 1. The van der Waals surface area contributed by atoms with Gasteiger partial charge in [0.05, 0.1) is 24.0 Å². The largest absolute Gasteiger partial charge is 0.494 e. The molecule has 4 rings (SSSR count). The third-order valence-corrected chi connectivity index (χ3v) is 4.85. The summed E-state index contributed by atoms with van der Waals surface area (Å²) in [7, 11) is 3.10. The Hall–Kier alpha value is -4.16. The number of hydrogen-bond donors (Lipinski definition) is 3. The number of halogens is 2. The number of amides is 2. The van der Waals surface area contributed by atoms with Gasteiger partial charge in [-0.2, -0.15) is 5.10 Å². The fraction of sp³-hybridized carbons (Fsp3) is 0.300. The first-order valence-electron chi connectivity index (χ1n) is 11.1. The number of nitrogens with zero attached hydrogens (tertiary/aromatic N) is 5. The third kappa shape index (κ3) is 4.42. The molecule has 0 aliphatic heterocycles. The predicted molar refractivity (Wildman–Crippen MR) is 113 cm³/mol. The molecule has 1 aromatic carbocycles. The highest BCUT2D eigenvalue weighted by Crippen LogP contribution is 2.49. The molecule has 33 heavy (non-hydrogen) atoms. The lowest BCUT2D eigenvalue weighted by Gasteiger charge is -2.16. The van der Waals surface area contributed by atoms with Crippen molar-refractivity contribution in [3.8, 4) is 17.1 Å². The van der Waals surface area contributed by atoms with Gasteiger partial charge in [-0.3, -0.25) is 14.3 Å². The number of rotatable bonds is 7. The van der Waals surface area contributed by atoms with Gasteiger partial charge in [0, 0.05) is 30.6 Å². The van der Waals surface area contributed by atoms with Crippen molar-refractivity contribution in [2.24, 2.45) is 13.0 Å². The number of ether oxygens (including phenoxy) is 1. The minimum atomic E-state index is -3.09. The van der Waals surface area contributed by atoms with E-state index in [0.717, 1.165) is 0 Å². The molecular formula is C20H20F2N8O3. The Bertz CT molecular complexity index is 1330. The van der Waals surface area contributed by atoms with Gasteiger partial charge in [-0.05, 0) is 12.1 Å². The summed E-state index contributed by atoms with van der Waals surface area (Å²) in [4.78, 5) is 28.9. The normalized spacial score (nSPS) is 17.8. The van der Waals surface area contributed by atoms with Crippen molar-refractivity contribution < 1.29 is 27.2 Å². The van der Waals surface area contributed by atoms with Crippen molar-refractivity contribution in [2.75, 3.05) is 24.7 Å². The number of para-hydroxylation sites is 1. The van der Waals surface area contributed by atoms with E-state index < -0.39 is 42.7 Å². The van der Waals surface area contributed by atoms with Crippen LogP contribution in [0.1, 0.15) is 21.0 Å². The zero-order valence-corrected chi connectivity index (χ0v) is 17.4. The summed E-state index contributed by atoms with van der Waals surface area (Å²) in [6, 6.07) is 6.13. The van der Waals surface area contributed by atoms with Crippen LogP contribution in [0, 0.1) is 5.92 Å². The molecule has 3 N–H and O–H groups in total. The molecule has 2 heterocycles. The van der Waals surface area contributed by atoms with Crippen molar-refractivity contribution in [3.63, 3.8) is 0 Å². The molecule has 0 bridgehead atoms. The lowest BCUT2D eigenvalue weighted by molar-refractivity contribution is -0.119. The first-order chi connectivity index (χ1) is 16.9. The summed E-state index contributed by atoms with van der Waals surface area (Å²) in [6.45, 7) is -2.82. The van der Waals surface area contributed by atoms with Crippen LogP contribution in [0.2, 0.25) is 0 Å². The first kappa shape index (κ1) is 18.4. The number of carbonyl (C=O) groups is 2. The van der Waals surface area contributed by atoms with Gasteiger partial charge in [0.2, 0.25) is 5.91 Å². The number of nitrogens with one attached hydrogen (secondary N) is 3. The maximum Gasteiger partial charge on any atom is 0.273 e. The Morgan fingerprint density at radius 1 is 1.30 bits per heavy atom. The van der Waals surface area contributed by atoms with Crippen LogP contribution < -0.4 is 20.7 Å². The predicted octanol–water partition coefficient (Wildman–Crippen LogP) is 1.98. The van der Waals surface area contributed by atoms with Crippen LogP contribution in [-0.2, 0) is 11.8 Å². The third-order valence-electron chi connectivity index (χ3n) is 4.85. The molecule has 13 heteroatoms. The number of hydrogen-bond acceptors (Lipinski definition) is 8. The summed E-state index contributed by atoms with van der Waals surface area (Å²) >= 11 is 0. The fourth-order valence-electron chi connectivity index (χ4n) is 3.13. The average molecular weight is 461 g/mol. The summed E-state index contributed by atoms with van der Waals surface area (Å²) in [6.07, 6.45) is 0.916. The van der Waals surface area contributed by atoms with Crippen molar-refractivity contribution >= 4 is 29.0 Å². The fourth-order valence-corrected chi connectivity index (χ4v) is 3.13. The van der Waals surface area contributed by atoms with Crippen molar-refractivity contribution in [2.45, 2.75) is 12.3 Å². The van der Waals surface area contributed by atoms with E-state index in [9.17, 15) is 18.4 Å². The highest BCUT2D eigenvalue weighted by molar-refractivity contribution is 6.00. The smallest absolute Gasteiger partial charge is 0.273 e. The molecule has 0 saturated heterocycles. The molecule has 172 valence electrons. The Kier molecular flexibility index (Phi) is 4.69. The second-order valence-electron chi connectivity index (χ2n) is 7.21. The van der Waals surface area contributed by atoms with E-state index >= 15 is 0 Å². The van der Waals surface area contributed by atoms with E-state index in [2.05, 4.69) is 30.9 Å². The van der Waals surface area contributed by atoms with Crippen molar-refractivity contribution in [3.05, 3.63) is 36.3 Å². The maximum atomic E-state index is 13.3. The highest BCUT2D eigenvalue weighted by Gasteiger charge is 2.61.